The Kier molecular flexibility index (Phi) is 6.51. The molecular weight excluding hydrogens is 454 g/mol. The Morgan fingerprint density at radius 2 is 1.53 bits per heavy atom. The molecule has 3 aromatic carbocycles. The van der Waals surface area contributed by atoms with Crippen LogP contribution in [0.25, 0.3) is 11.1 Å². The average molecular weight is 476 g/mol. The summed E-state index contributed by atoms with van der Waals surface area (Å²) in [6.07, 6.45) is 1.44. The second-order valence-corrected chi connectivity index (χ2v) is 9.16. The van der Waals surface area contributed by atoms with Crippen molar-refractivity contribution in [3.05, 3.63) is 107 Å². The number of benzene rings is 3. The molecule has 1 aromatic heterocycles. The van der Waals surface area contributed by atoms with Gasteiger partial charge in [-0.25, -0.2) is 13.4 Å². The van der Waals surface area contributed by atoms with Gasteiger partial charge in [-0.05, 0) is 41.8 Å². The summed E-state index contributed by atoms with van der Waals surface area (Å²) in [5, 5.41) is 14.0. The molecule has 0 fully saturated rings. The first-order valence-electron chi connectivity index (χ1n) is 10.3. The Balaban J connectivity index is 1.45. The van der Waals surface area contributed by atoms with E-state index in [2.05, 4.69) is 20.0 Å². The zero-order valence-electron chi connectivity index (χ0n) is 18.1. The van der Waals surface area contributed by atoms with Crippen LogP contribution in [0.1, 0.15) is 18.5 Å². The van der Waals surface area contributed by atoms with E-state index >= 15 is 0 Å². The van der Waals surface area contributed by atoms with E-state index in [1.165, 1.54) is 24.4 Å². The zero-order valence-corrected chi connectivity index (χ0v) is 18.9. The lowest BCUT2D eigenvalue weighted by Crippen LogP contribution is -2.15. The highest BCUT2D eigenvalue weighted by atomic mass is 32.2. The van der Waals surface area contributed by atoms with Gasteiger partial charge in [0, 0.05) is 18.3 Å². The van der Waals surface area contributed by atoms with Gasteiger partial charge in [-0.3, -0.25) is 14.8 Å². The number of hydrogen-bond acceptors (Lipinski definition) is 7. The molecule has 9 nitrogen and oxygen atoms in total. The molecule has 10 heteroatoms. The predicted octanol–water partition coefficient (Wildman–Crippen LogP) is 5.03. The third-order valence-electron chi connectivity index (χ3n) is 5.12. The molecule has 0 aliphatic heterocycles. The fraction of sp³-hybridized carbons (Fsp3) is 0.0833. The van der Waals surface area contributed by atoms with Gasteiger partial charge in [-0.2, -0.15) is 4.98 Å². The summed E-state index contributed by atoms with van der Waals surface area (Å²) in [6.45, 7) is 1.95. The molecule has 0 aliphatic carbocycles. The minimum atomic E-state index is -3.97. The third-order valence-corrected chi connectivity index (χ3v) is 6.49. The molecule has 0 bridgehead atoms. The summed E-state index contributed by atoms with van der Waals surface area (Å²) in [7, 11) is -3.97. The topological polar surface area (TPSA) is 127 Å². The molecule has 0 aliphatic rings. The first kappa shape index (κ1) is 22.9. The van der Waals surface area contributed by atoms with Crippen molar-refractivity contribution in [2.75, 3.05) is 10.0 Å². The number of nitro groups is 1. The van der Waals surface area contributed by atoms with Crippen LogP contribution >= 0.6 is 0 Å². The van der Waals surface area contributed by atoms with Crippen molar-refractivity contribution in [2.24, 2.45) is 0 Å². The van der Waals surface area contributed by atoms with Crippen LogP contribution in [0.5, 0.6) is 0 Å². The van der Waals surface area contributed by atoms with Gasteiger partial charge in [-0.1, -0.05) is 54.6 Å². The molecule has 172 valence electrons. The van der Waals surface area contributed by atoms with Crippen molar-refractivity contribution in [3.8, 4) is 11.1 Å². The van der Waals surface area contributed by atoms with Crippen LogP contribution in [0, 0.1) is 10.1 Å². The minimum absolute atomic E-state index is 0.0717. The monoisotopic (exact) mass is 475 g/mol. The van der Waals surface area contributed by atoms with Crippen molar-refractivity contribution in [1.29, 1.82) is 0 Å². The second-order valence-electron chi connectivity index (χ2n) is 7.48. The summed E-state index contributed by atoms with van der Waals surface area (Å²) >= 11 is 0. The van der Waals surface area contributed by atoms with Crippen molar-refractivity contribution >= 4 is 27.5 Å². The molecule has 0 spiro atoms. The molecule has 1 atom stereocenters. The van der Waals surface area contributed by atoms with Gasteiger partial charge in [0.25, 0.3) is 15.7 Å². The van der Waals surface area contributed by atoms with E-state index in [1.807, 2.05) is 61.5 Å². The molecule has 0 saturated heterocycles. The molecule has 34 heavy (non-hydrogen) atoms. The molecular formula is C24H21N5O4S. The van der Waals surface area contributed by atoms with Crippen LogP contribution in [0.2, 0.25) is 0 Å². The summed E-state index contributed by atoms with van der Waals surface area (Å²) in [5.41, 5.74) is 3.06. The van der Waals surface area contributed by atoms with E-state index in [9.17, 15) is 18.5 Å². The fourth-order valence-electron chi connectivity index (χ4n) is 3.30. The average Bonchev–Trinajstić information content (AvgIpc) is 2.84. The summed E-state index contributed by atoms with van der Waals surface area (Å²) < 4.78 is 27.6. The van der Waals surface area contributed by atoms with E-state index in [4.69, 9.17) is 0 Å². The number of non-ortho nitro benzene ring substituents is 1. The Hall–Kier alpha value is -4.31. The lowest BCUT2D eigenvalue weighted by molar-refractivity contribution is -0.384. The summed E-state index contributed by atoms with van der Waals surface area (Å²) in [6, 6.07) is 24.1. The lowest BCUT2D eigenvalue weighted by Gasteiger charge is -2.15. The first-order chi connectivity index (χ1) is 16.3. The third kappa shape index (κ3) is 5.36. The van der Waals surface area contributed by atoms with Gasteiger partial charge in [0.1, 0.15) is 5.82 Å². The smallest absolute Gasteiger partial charge is 0.269 e. The normalized spacial score (nSPS) is 12.0. The quantitative estimate of drug-likeness (QED) is 0.270. The van der Waals surface area contributed by atoms with E-state index in [1.54, 1.807) is 0 Å². The van der Waals surface area contributed by atoms with Crippen LogP contribution in [0.15, 0.2) is 96.0 Å². The molecule has 0 radical (unpaired) electrons. The number of nitro benzene ring substituents is 1. The number of anilines is 2. The van der Waals surface area contributed by atoms with E-state index in [0.717, 1.165) is 28.8 Å². The standard InChI is InChI=1S/C24H21N5O4S/c1-17(18-7-9-20(10-8-18)19-5-3-2-4-6-19)26-24-25-16-15-23(27-24)28-34(32,33)22-13-11-21(12-14-22)29(30)31/h2-17H,1H3,(H2,25,26,27,28). The molecule has 2 N–H and O–H groups in total. The maximum absolute atomic E-state index is 12.6. The molecule has 0 saturated carbocycles. The van der Waals surface area contributed by atoms with Crippen LogP contribution in [-0.4, -0.2) is 23.3 Å². The van der Waals surface area contributed by atoms with E-state index < -0.39 is 14.9 Å². The fourth-order valence-corrected chi connectivity index (χ4v) is 4.30. The van der Waals surface area contributed by atoms with Crippen molar-refractivity contribution in [1.82, 2.24) is 9.97 Å². The van der Waals surface area contributed by atoms with Gasteiger partial charge in [0.2, 0.25) is 5.95 Å². The minimum Gasteiger partial charge on any atom is -0.348 e. The summed E-state index contributed by atoms with van der Waals surface area (Å²) in [4.78, 5) is 18.5. The van der Waals surface area contributed by atoms with Crippen LogP contribution in [0.3, 0.4) is 0 Å². The second kappa shape index (κ2) is 9.67. The molecule has 1 heterocycles. The van der Waals surface area contributed by atoms with Crippen molar-refractivity contribution in [2.45, 2.75) is 17.9 Å². The van der Waals surface area contributed by atoms with Crippen molar-refractivity contribution < 1.29 is 13.3 Å². The van der Waals surface area contributed by atoms with E-state index in [-0.39, 0.29) is 28.4 Å². The SMILES string of the molecule is CC(Nc1nccc(NS(=O)(=O)c2ccc([N+](=O)[O-])cc2)n1)c1ccc(-c2ccccc2)cc1. The molecule has 1 unspecified atom stereocenters. The van der Waals surface area contributed by atoms with Crippen molar-refractivity contribution in [3.63, 3.8) is 0 Å². The zero-order chi connectivity index (χ0) is 24.1. The Morgan fingerprint density at radius 3 is 2.18 bits per heavy atom. The number of sulfonamides is 1. The van der Waals surface area contributed by atoms with Crippen LogP contribution in [-0.2, 0) is 10.0 Å². The lowest BCUT2D eigenvalue weighted by atomic mass is 10.0. The Labute approximate surface area is 196 Å². The molecule has 0 amide bonds. The van der Waals surface area contributed by atoms with Gasteiger partial charge in [0.15, 0.2) is 0 Å². The Morgan fingerprint density at radius 1 is 0.882 bits per heavy atom. The van der Waals surface area contributed by atoms with Gasteiger partial charge >= 0.3 is 0 Å². The van der Waals surface area contributed by atoms with Crippen LogP contribution in [0.4, 0.5) is 17.5 Å². The highest BCUT2D eigenvalue weighted by Gasteiger charge is 2.17. The number of hydrogen-bond donors (Lipinski definition) is 2. The van der Waals surface area contributed by atoms with Gasteiger partial charge in [-0.15, -0.1) is 0 Å². The maximum atomic E-state index is 12.6. The highest BCUT2D eigenvalue weighted by Crippen LogP contribution is 2.24. The predicted molar refractivity (Wildman–Crippen MR) is 130 cm³/mol. The largest absolute Gasteiger partial charge is 0.348 e. The van der Waals surface area contributed by atoms with Gasteiger partial charge < -0.3 is 5.32 Å². The number of aromatic nitrogens is 2. The number of rotatable bonds is 8. The maximum Gasteiger partial charge on any atom is 0.269 e. The molecule has 4 aromatic rings. The Bertz CT molecular complexity index is 1390. The highest BCUT2D eigenvalue weighted by molar-refractivity contribution is 7.92. The van der Waals surface area contributed by atoms with Gasteiger partial charge in [0.05, 0.1) is 15.9 Å². The first-order valence-corrected chi connectivity index (χ1v) is 11.8. The number of nitrogens with zero attached hydrogens (tertiary/aromatic N) is 3. The van der Waals surface area contributed by atoms with Crippen LogP contribution < -0.4 is 10.0 Å². The number of nitrogens with one attached hydrogen (secondary N) is 2. The molecule has 4 rings (SSSR count). The van der Waals surface area contributed by atoms with E-state index in [0.29, 0.717) is 0 Å². The summed E-state index contributed by atoms with van der Waals surface area (Å²) in [5.74, 6) is 0.325.